The van der Waals surface area contributed by atoms with Gasteiger partial charge in [-0.3, -0.25) is 14.2 Å². The molecule has 1 aromatic carbocycles. The van der Waals surface area contributed by atoms with Gasteiger partial charge in [-0.05, 0) is 25.5 Å². The van der Waals surface area contributed by atoms with E-state index in [2.05, 4.69) is 10.3 Å². The molecule has 0 saturated carbocycles. The molecular weight excluding hydrogens is 242 g/mol. The lowest BCUT2D eigenvalue weighted by Gasteiger charge is -2.12. The minimum absolute atomic E-state index is 0.001000. The summed E-state index contributed by atoms with van der Waals surface area (Å²) in [5, 5.41) is 3.36. The number of nitrogens with zero attached hydrogens (tertiary/aromatic N) is 2. The molecule has 0 unspecified atom stereocenters. The summed E-state index contributed by atoms with van der Waals surface area (Å²) in [5.74, 6) is -0.173. The van der Waals surface area contributed by atoms with Crippen molar-refractivity contribution in [1.82, 2.24) is 14.9 Å². The van der Waals surface area contributed by atoms with E-state index in [4.69, 9.17) is 0 Å². The molecule has 2 rings (SSSR count). The Hall–Kier alpha value is -2.17. The maximum atomic E-state index is 12.2. The number of carbonyl (C=O) groups excluding carboxylic acids is 1. The van der Waals surface area contributed by atoms with Crippen molar-refractivity contribution in [3.05, 3.63) is 40.9 Å². The fraction of sp³-hybridized carbons (Fsp3) is 0.357. The van der Waals surface area contributed by atoms with Gasteiger partial charge in [-0.2, -0.15) is 0 Å². The van der Waals surface area contributed by atoms with Crippen LogP contribution in [0.1, 0.15) is 20.3 Å². The first kappa shape index (κ1) is 13.3. The molecule has 0 radical (unpaired) electrons. The maximum Gasteiger partial charge on any atom is 0.261 e. The van der Waals surface area contributed by atoms with E-state index >= 15 is 0 Å². The topological polar surface area (TPSA) is 64.0 Å². The van der Waals surface area contributed by atoms with Gasteiger partial charge in [0.25, 0.3) is 5.56 Å². The molecule has 0 aliphatic heterocycles. The van der Waals surface area contributed by atoms with Crippen LogP contribution in [0.4, 0.5) is 0 Å². The predicted molar refractivity (Wildman–Crippen MR) is 73.9 cm³/mol. The first-order valence-corrected chi connectivity index (χ1v) is 6.35. The first-order chi connectivity index (χ1) is 9.11. The molecule has 1 heterocycles. The number of amides is 1. The van der Waals surface area contributed by atoms with Crippen LogP contribution in [0, 0.1) is 0 Å². The number of benzene rings is 1. The van der Waals surface area contributed by atoms with Crippen LogP contribution < -0.4 is 10.9 Å². The average Bonchev–Trinajstić information content (AvgIpc) is 2.42. The van der Waals surface area contributed by atoms with E-state index in [1.807, 2.05) is 19.9 Å². The molecule has 0 aliphatic carbocycles. The molecule has 0 saturated heterocycles. The summed E-state index contributed by atoms with van der Waals surface area (Å²) >= 11 is 0. The zero-order valence-electron chi connectivity index (χ0n) is 11.1. The third-order valence-electron chi connectivity index (χ3n) is 3.07. The van der Waals surface area contributed by atoms with Crippen LogP contribution in [0.3, 0.4) is 0 Å². The molecule has 19 heavy (non-hydrogen) atoms. The Bertz CT molecular complexity index is 648. The number of fused-ring (bicyclic) bond motifs is 1. The number of para-hydroxylation sites is 1. The highest BCUT2D eigenvalue weighted by atomic mass is 16.2. The standard InChI is InChI=1S/C14H17N3O2/c1-3-10(2)16-13(18)8-17-9-15-12-7-5-4-6-11(12)14(17)19/h4-7,9-10H,3,8H2,1-2H3,(H,16,18)/t10-/m0/s1. The quantitative estimate of drug-likeness (QED) is 0.900. The third-order valence-corrected chi connectivity index (χ3v) is 3.07. The number of hydrogen-bond donors (Lipinski definition) is 1. The van der Waals surface area contributed by atoms with Crippen LogP contribution in [0.5, 0.6) is 0 Å². The molecule has 0 bridgehead atoms. The summed E-state index contributed by atoms with van der Waals surface area (Å²) in [6.07, 6.45) is 2.28. The van der Waals surface area contributed by atoms with Gasteiger partial charge < -0.3 is 5.32 Å². The Morgan fingerprint density at radius 2 is 2.16 bits per heavy atom. The number of nitrogens with one attached hydrogen (secondary N) is 1. The number of carbonyl (C=O) groups is 1. The van der Waals surface area contributed by atoms with Crippen molar-refractivity contribution in [2.75, 3.05) is 0 Å². The van der Waals surface area contributed by atoms with Crippen LogP contribution in [0.15, 0.2) is 35.4 Å². The van der Waals surface area contributed by atoms with Gasteiger partial charge in [0.1, 0.15) is 6.54 Å². The molecule has 100 valence electrons. The van der Waals surface area contributed by atoms with Gasteiger partial charge in [-0.25, -0.2) is 4.98 Å². The van der Waals surface area contributed by atoms with Crippen LogP contribution in [-0.4, -0.2) is 21.5 Å². The molecule has 1 aromatic heterocycles. The molecule has 1 N–H and O–H groups in total. The first-order valence-electron chi connectivity index (χ1n) is 6.35. The highest BCUT2D eigenvalue weighted by Crippen LogP contribution is 2.04. The van der Waals surface area contributed by atoms with Crippen LogP contribution >= 0.6 is 0 Å². The molecule has 1 amide bonds. The lowest BCUT2D eigenvalue weighted by Crippen LogP contribution is -2.37. The van der Waals surface area contributed by atoms with Gasteiger partial charge in [0.05, 0.1) is 17.2 Å². The molecular formula is C14H17N3O2. The monoisotopic (exact) mass is 259 g/mol. The van der Waals surface area contributed by atoms with Gasteiger partial charge in [-0.1, -0.05) is 19.1 Å². The minimum Gasteiger partial charge on any atom is -0.352 e. The van der Waals surface area contributed by atoms with Crippen molar-refractivity contribution in [2.45, 2.75) is 32.9 Å². The summed E-state index contributed by atoms with van der Waals surface area (Å²) in [6.45, 7) is 3.93. The van der Waals surface area contributed by atoms with Crippen molar-refractivity contribution < 1.29 is 4.79 Å². The van der Waals surface area contributed by atoms with E-state index in [1.165, 1.54) is 10.9 Å². The van der Waals surface area contributed by atoms with Crippen molar-refractivity contribution in [3.63, 3.8) is 0 Å². The highest BCUT2D eigenvalue weighted by molar-refractivity contribution is 5.78. The largest absolute Gasteiger partial charge is 0.352 e. The number of aromatic nitrogens is 2. The molecule has 5 heteroatoms. The van der Waals surface area contributed by atoms with Crippen molar-refractivity contribution in [2.24, 2.45) is 0 Å². The molecule has 5 nitrogen and oxygen atoms in total. The van der Waals surface area contributed by atoms with Gasteiger partial charge in [0.15, 0.2) is 0 Å². The highest BCUT2D eigenvalue weighted by Gasteiger charge is 2.09. The molecule has 0 spiro atoms. The summed E-state index contributed by atoms with van der Waals surface area (Å²) in [6, 6.07) is 7.22. The normalized spacial score (nSPS) is 12.3. The fourth-order valence-corrected chi connectivity index (χ4v) is 1.80. The second-order valence-electron chi connectivity index (χ2n) is 4.57. The minimum atomic E-state index is -0.190. The molecule has 2 aromatic rings. The number of rotatable bonds is 4. The van der Waals surface area contributed by atoms with Gasteiger partial charge >= 0.3 is 0 Å². The smallest absolute Gasteiger partial charge is 0.261 e. The maximum absolute atomic E-state index is 12.2. The lowest BCUT2D eigenvalue weighted by atomic mass is 10.2. The van der Waals surface area contributed by atoms with Gasteiger partial charge in [0, 0.05) is 6.04 Å². The van der Waals surface area contributed by atoms with E-state index in [9.17, 15) is 9.59 Å². The Morgan fingerprint density at radius 1 is 1.42 bits per heavy atom. The van der Waals surface area contributed by atoms with E-state index in [0.29, 0.717) is 10.9 Å². The fourth-order valence-electron chi connectivity index (χ4n) is 1.80. The van der Waals surface area contributed by atoms with Crippen LogP contribution in [-0.2, 0) is 11.3 Å². The average molecular weight is 259 g/mol. The Morgan fingerprint density at radius 3 is 2.89 bits per heavy atom. The summed E-state index contributed by atoms with van der Waals surface area (Å²) in [4.78, 5) is 28.1. The Kier molecular flexibility index (Phi) is 3.94. The van der Waals surface area contributed by atoms with E-state index < -0.39 is 0 Å². The van der Waals surface area contributed by atoms with E-state index in [1.54, 1.807) is 18.2 Å². The second kappa shape index (κ2) is 5.65. The zero-order valence-corrected chi connectivity index (χ0v) is 11.1. The summed E-state index contributed by atoms with van der Waals surface area (Å²) in [7, 11) is 0. The Labute approximate surface area is 111 Å². The Balaban J connectivity index is 2.24. The third kappa shape index (κ3) is 2.99. The van der Waals surface area contributed by atoms with E-state index in [-0.39, 0.29) is 24.1 Å². The van der Waals surface area contributed by atoms with E-state index in [0.717, 1.165) is 6.42 Å². The van der Waals surface area contributed by atoms with Crippen molar-refractivity contribution in [1.29, 1.82) is 0 Å². The van der Waals surface area contributed by atoms with Crippen molar-refractivity contribution in [3.8, 4) is 0 Å². The molecule has 1 atom stereocenters. The molecule has 0 aliphatic rings. The van der Waals surface area contributed by atoms with Gasteiger partial charge in [-0.15, -0.1) is 0 Å². The summed E-state index contributed by atoms with van der Waals surface area (Å²) in [5.41, 5.74) is 0.455. The predicted octanol–water partition coefficient (Wildman–Crippen LogP) is 1.31. The SMILES string of the molecule is CC[C@H](C)NC(=O)Cn1cnc2ccccc2c1=O. The summed E-state index contributed by atoms with van der Waals surface area (Å²) < 4.78 is 1.33. The van der Waals surface area contributed by atoms with Gasteiger partial charge in [0.2, 0.25) is 5.91 Å². The molecule has 0 fully saturated rings. The number of hydrogen-bond acceptors (Lipinski definition) is 3. The second-order valence-corrected chi connectivity index (χ2v) is 4.57. The van der Waals surface area contributed by atoms with Crippen LogP contribution in [0.2, 0.25) is 0 Å². The van der Waals surface area contributed by atoms with Crippen LogP contribution in [0.25, 0.3) is 10.9 Å². The zero-order chi connectivity index (χ0) is 13.8. The lowest BCUT2D eigenvalue weighted by molar-refractivity contribution is -0.122. The van der Waals surface area contributed by atoms with Crippen molar-refractivity contribution >= 4 is 16.8 Å².